The number of methoxy groups -OCH3 is 1. The first-order valence-electron chi connectivity index (χ1n) is 5.31. The van der Waals surface area contributed by atoms with Gasteiger partial charge in [0.25, 0.3) is 0 Å². The number of rotatable bonds is 5. The lowest BCUT2D eigenvalue weighted by molar-refractivity contribution is -0.136. The third-order valence-electron chi connectivity index (χ3n) is 2.15. The highest BCUT2D eigenvalue weighted by Gasteiger charge is 2.07. The third-order valence-corrected chi connectivity index (χ3v) is 2.15. The average Bonchev–Trinajstić information content (AvgIpc) is 2.39. The van der Waals surface area contributed by atoms with Crippen LogP contribution in [0.2, 0.25) is 0 Å². The van der Waals surface area contributed by atoms with E-state index in [-0.39, 0.29) is 12.8 Å². The summed E-state index contributed by atoms with van der Waals surface area (Å²) in [4.78, 5) is 21.5. The van der Waals surface area contributed by atoms with Crippen LogP contribution in [0.1, 0.15) is 18.4 Å². The van der Waals surface area contributed by atoms with E-state index in [1.54, 1.807) is 12.1 Å². The Morgan fingerprint density at radius 2 is 1.94 bits per heavy atom. The van der Waals surface area contributed by atoms with Crippen molar-refractivity contribution in [2.24, 2.45) is 5.10 Å². The smallest absolute Gasteiger partial charge is 0.427 e. The lowest BCUT2D eigenvalue weighted by Crippen LogP contribution is -2.20. The Hall–Kier alpha value is -2.37. The fraction of sp³-hybridized carbons (Fsp3) is 0.250. The number of hydrogen-bond donors (Lipinski definition) is 2. The van der Waals surface area contributed by atoms with E-state index in [9.17, 15) is 9.59 Å². The number of carbonyl (C=O) groups excluding carboxylic acids is 1. The number of nitrogens with one attached hydrogen (secondary N) is 1. The molecule has 1 amide bonds. The van der Waals surface area contributed by atoms with Crippen LogP contribution in [0.5, 0.6) is 0 Å². The maximum Gasteiger partial charge on any atom is 0.427 e. The second-order valence-corrected chi connectivity index (χ2v) is 3.42. The molecule has 0 saturated heterocycles. The SMILES string of the molecule is COC(=O)N/N=C(\CCC(=O)O)c1ccccc1. The van der Waals surface area contributed by atoms with Gasteiger partial charge in [0.1, 0.15) is 0 Å². The summed E-state index contributed by atoms with van der Waals surface area (Å²) in [6.45, 7) is 0. The minimum absolute atomic E-state index is 0.0589. The summed E-state index contributed by atoms with van der Waals surface area (Å²) in [5.74, 6) is -0.920. The van der Waals surface area contributed by atoms with Crippen molar-refractivity contribution in [1.82, 2.24) is 5.43 Å². The number of aliphatic carboxylic acids is 1. The zero-order chi connectivity index (χ0) is 13.4. The van der Waals surface area contributed by atoms with Gasteiger partial charge < -0.3 is 9.84 Å². The number of hydrazone groups is 1. The van der Waals surface area contributed by atoms with E-state index in [0.29, 0.717) is 5.71 Å². The van der Waals surface area contributed by atoms with Gasteiger partial charge in [0, 0.05) is 6.42 Å². The number of carboxylic acids is 1. The second-order valence-electron chi connectivity index (χ2n) is 3.42. The van der Waals surface area contributed by atoms with Crippen molar-refractivity contribution >= 4 is 17.8 Å². The molecule has 0 bridgehead atoms. The molecule has 1 aromatic carbocycles. The Bertz CT molecular complexity index is 443. The number of amides is 1. The number of benzene rings is 1. The topological polar surface area (TPSA) is 88.0 Å². The van der Waals surface area contributed by atoms with Gasteiger partial charge in [0.05, 0.1) is 19.2 Å². The van der Waals surface area contributed by atoms with E-state index >= 15 is 0 Å². The molecule has 0 unspecified atom stereocenters. The molecule has 6 nitrogen and oxygen atoms in total. The summed E-state index contributed by atoms with van der Waals surface area (Å²) in [6, 6.07) is 9.04. The van der Waals surface area contributed by atoms with E-state index < -0.39 is 12.1 Å². The Morgan fingerprint density at radius 3 is 2.50 bits per heavy atom. The fourth-order valence-electron chi connectivity index (χ4n) is 1.28. The number of hydrogen-bond acceptors (Lipinski definition) is 4. The third kappa shape index (κ3) is 4.65. The molecule has 1 aromatic rings. The molecule has 0 fully saturated rings. The van der Waals surface area contributed by atoms with E-state index in [2.05, 4.69) is 15.3 Å². The van der Waals surface area contributed by atoms with Crippen molar-refractivity contribution in [2.75, 3.05) is 7.11 Å². The molecule has 0 atom stereocenters. The highest BCUT2D eigenvalue weighted by atomic mass is 16.5. The van der Waals surface area contributed by atoms with Crippen molar-refractivity contribution < 1.29 is 19.4 Å². The first kappa shape index (κ1) is 13.7. The van der Waals surface area contributed by atoms with E-state index in [0.717, 1.165) is 5.56 Å². The van der Waals surface area contributed by atoms with Gasteiger partial charge in [-0.2, -0.15) is 5.10 Å². The summed E-state index contributed by atoms with van der Waals surface area (Å²) < 4.78 is 4.39. The summed E-state index contributed by atoms with van der Waals surface area (Å²) in [5, 5.41) is 12.5. The number of nitrogens with zero attached hydrogens (tertiary/aromatic N) is 1. The molecule has 0 spiro atoms. The predicted octanol–water partition coefficient (Wildman–Crippen LogP) is 1.61. The van der Waals surface area contributed by atoms with Gasteiger partial charge in [-0.15, -0.1) is 0 Å². The predicted molar refractivity (Wildman–Crippen MR) is 65.4 cm³/mol. The van der Waals surface area contributed by atoms with Gasteiger partial charge in [-0.05, 0) is 5.56 Å². The highest BCUT2D eigenvalue weighted by molar-refractivity contribution is 6.01. The summed E-state index contributed by atoms with van der Waals surface area (Å²) in [7, 11) is 1.23. The molecule has 6 heteroatoms. The quantitative estimate of drug-likeness (QED) is 0.613. The van der Waals surface area contributed by atoms with Crippen LogP contribution >= 0.6 is 0 Å². The van der Waals surface area contributed by atoms with Crippen LogP contribution in [-0.4, -0.2) is 30.0 Å². The monoisotopic (exact) mass is 250 g/mol. The summed E-state index contributed by atoms with van der Waals surface area (Å²) in [6.07, 6.45) is -0.529. The number of ether oxygens (including phenoxy) is 1. The standard InChI is InChI=1S/C12H14N2O4/c1-18-12(17)14-13-10(7-8-11(15)16)9-5-3-2-4-6-9/h2-6H,7-8H2,1H3,(H,14,17)(H,15,16)/b13-10+. The maximum absolute atomic E-state index is 10.9. The Labute approximate surface area is 104 Å². The molecule has 18 heavy (non-hydrogen) atoms. The number of carbonyl (C=O) groups is 2. The van der Waals surface area contributed by atoms with Crippen LogP contribution in [0, 0.1) is 0 Å². The van der Waals surface area contributed by atoms with Crippen LogP contribution in [0.3, 0.4) is 0 Å². The Kier molecular flexibility index (Phi) is 5.37. The molecule has 2 N–H and O–H groups in total. The zero-order valence-corrected chi connectivity index (χ0v) is 9.92. The first-order valence-corrected chi connectivity index (χ1v) is 5.31. The molecule has 0 aliphatic heterocycles. The normalized spacial score (nSPS) is 10.8. The molecule has 96 valence electrons. The van der Waals surface area contributed by atoms with Crippen molar-refractivity contribution in [3.8, 4) is 0 Å². The van der Waals surface area contributed by atoms with E-state index in [4.69, 9.17) is 5.11 Å². The molecule has 1 rings (SSSR count). The minimum atomic E-state index is -0.920. The average molecular weight is 250 g/mol. The van der Waals surface area contributed by atoms with Crippen LogP contribution in [0.15, 0.2) is 35.4 Å². The Balaban J connectivity index is 2.81. The minimum Gasteiger partial charge on any atom is -0.481 e. The van der Waals surface area contributed by atoms with Crippen molar-refractivity contribution in [3.05, 3.63) is 35.9 Å². The van der Waals surface area contributed by atoms with Gasteiger partial charge in [-0.25, -0.2) is 10.2 Å². The highest BCUT2D eigenvalue weighted by Crippen LogP contribution is 2.06. The van der Waals surface area contributed by atoms with Crippen LogP contribution in [-0.2, 0) is 9.53 Å². The van der Waals surface area contributed by atoms with E-state index in [1.807, 2.05) is 18.2 Å². The molecule has 0 aliphatic carbocycles. The van der Waals surface area contributed by atoms with Crippen molar-refractivity contribution in [2.45, 2.75) is 12.8 Å². The van der Waals surface area contributed by atoms with Crippen molar-refractivity contribution in [3.63, 3.8) is 0 Å². The lowest BCUT2D eigenvalue weighted by Gasteiger charge is -2.05. The van der Waals surface area contributed by atoms with Crippen molar-refractivity contribution in [1.29, 1.82) is 0 Å². The molecular weight excluding hydrogens is 236 g/mol. The molecular formula is C12H14N2O4. The molecule has 0 saturated carbocycles. The summed E-state index contributed by atoms with van der Waals surface area (Å²) in [5.41, 5.74) is 3.44. The molecule has 0 aromatic heterocycles. The fourth-order valence-corrected chi connectivity index (χ4v) is 1.28. The zero-order valence-electron chi connectivity index (χ0n) is 9.92. The lowest BCUT2D eigenvalue weighted by atomic mass is 10.1. The summed E-state index contributed by atoms with van der Waals surface area (Å²) >= 11 is 0. The maximum atomic E-state index is 10.9. The van der Waals surface area contributed by atoms with Gasteiger partial charge in [-0.1, -0.05) is 30.3 Å². The van der Waals surface area contributed by atoms with Gasteiger partial charge >= 0.3 is 12.1 Å². The second kappa shape index (κ2) is 7.05. The van der Waals surface area contributed by atoms with Gasteiger partial charge in [0.15, 0.2) is 0 Å². The molecule has 0 aliphatic rings. The van der Waals surface area contributed by atoms with Gasteiger partial charge in [0.2, 0.25) is 0 Å². The molecule has 0 heterocycles. The van der Waals surface area contributed by atoms with E-state index in [1.165, 1.54) is 7.11 Å². The molecule has 0 radical (unpaired) electrons. The number of carboxylic acid groups (broad SMARTS) is 1. The van der Waals surface area contributed by atoms with Crippen LogP contribution < -0.4 is 5.43 Å². The largest absolute Gasteiger partial charge is 0.481 e. The van der Waals surface area contributed by atoms with Crippen LogP contribution in [0.25, 0.3) is 0 Å². The first-order chi connectivity index (χ1) is 8.63. The van der Waals surface area contributed by atoms with Crippen LogP contribution in [0.4, 0.5) is 4.79 Å². The Morgan fingerprint density at radius 1 is 1.28 bits per heavy atom. The van der Waals surface area contributed by atoms with Gasteiger partial charge in [-0.3, -0.25) is 4.79 Å².